The molecular weight excluding hydrogens is 480 g/mol. The Balaban J connectivity index is 1.17. The van der Waals surface area contributed by atoms with Gasteiger partial charge in [0, 0.05) is 37.3 Å². The summed E-state index contributed by atoms with van der Waals surface area (Å²) in [5, 5.41) is 9.35. The molecule has 3 unspecified atom stereocenters. The summed E-state index contributed by atoms with van der Waals surface area (Å²) >= 11 is 0. The van der Waals surface area contributed by atoms with Crippen molar-refractivity contribution in [3.63, 3.8) is 0 Å². The Morgan fingerprint density at radius 1 is 0.947 bits per heavy atom. The fourth-order valence-electron chi connectivity index (χ4n) is 8.77. The summed E-state index contributed by atoms with van der Waals surface area (Å²) < 4.78 is 8.10. The molecule has 1 aromatic carbocycles. The Hall–Kier alpha value is -2.45. The van der Waals surface area contributed by atoms with Crippen LogP contribution in [-0.2, 0) is 9.53 Å². The van der Waals surface area contributed by atoms with Gasteiger partial charge in [-0.05, 0) is 74.8 Å². The van der Waals surface area contributed by atoms with Crippen molar-refractivity contribution < 1.29 is 14.6 Å². The number of carbonyl (C=O) groups is 1. The fraction of sp³-hybridized carbons (Fsp3) is 0.700. The lowest BCUT2D eigenvalue weighted by Gasteiger charge is -2.55. The molecule has 2 saturated carbocycles. The van der Waals surface area contributed by atoms with Crippen molar-refractivity contribution in [1.29, 1.82) is 0 Å². The van der Waals surface area contributed by atoms with Gasteiger partial charge in [0.15, 0.2) is 5.82 Å². The number of benzene rings is 1. The number of piperidine rings is 1. The van der Waals surface area contributed by atoms with E-state index in [1.165, 1.54) is 38.5 Å². The third kappa shape index (κ3) is 4.15. The highest BCUT2D eigenvalue weighted by atomic mass is 16.5. The SMILES string of the molecule is CCC1C[C@@H]2CC(N3[C@@H]4COC[C@H]3CC(n3c(=O)c(N5CC(C(=O)O)C5)nc5ccccc53)C4)C[C@H](C1)C2. The normalized spacial score (nSPS) is 35.7. The van der Waals surface area contributed by atoms with Crippen LogP contribution in [0.1, 0.15) is 64.3 Å². The van der Waals surface area contributed by atoms with Gasteiger partial charge in [0.2, 0.25) is 0 Å². The number of ether oxygens (including phenoxy) is 1. The molecule has 1 N–H and O–H groups in total. The van der Waals surface area contributed by atoms with Gasteiger partial charge in [-0.1, -0.05) is 25.5 Å². The van der Waals surface area contributed by atoms with Gasteiger partial charge in [0.25, 0.3) is 5.56 Å². The Morgan fingerprint density at radius 2 is 1.63 bits per heavy atom. The summed E-state index contributed by atoms with van der Waals surface area (Å²) in [5.41, 5.74) is 1.60. The molecule has 8 heteroatoms. The van der Waals surface area contributed by atoms with Crippen molar-refractivity contribution in [2.24, 2.45) is 23.7 Å². The molecule has 7 atom stereocenters. The number of hydrogen-bond acceptors (Lipinski definition) is 6. The zero-order valence-electron chi connectivity index (χ0n) is 22.4. The third-order valence-corrected chi connectivity index (χ3v) is 10.4. The van der Waals surface area contributed by atoms with Crippen molar-refractivity contribution in [2.45, 2.75) is 82.5 Å². The van der Waals surface area contributed by atoms with E-state index in [1.807, 2.05) is 33.7 Å². The molecule has 204 valence electrons. The Bertz CT molecular complexity index is 1240. The number of carboxylic acid groups (broad SMARTS) is 1. The van der Waals surface area contributed by atoms with Crippen molar-refractivity contribution >= 4 is 22.8 Å². The molecule has 3 saturated heterocycles. The van der Waals surface area contributed by atoms with E-state index in [0.717, 1.165) is 54.8 Å². The zero-order valence-corrected chi connectivity index (χ0v) is 22.4. The fourth-order valence-corrected chi connectivity index (χ4v) is 8.77. The van der Waals surface area contributed by atoms with Crippen molar-refractivity contribution in [3.8, 4) is 0 Å². The quantitative estimate of drug-likeness (QED) is 0.639. The summed E-state index contributed by atoms with van der Waals surface area (Å²) in [5.74, 6) is 1.83. The lowest BCUT2D eigenvalue weighted by atomic mass is 9.65. The highest BCUT2D eigenvalue weighted by molar-refractivity contribution is 5.78. The molecule has 2 aliphatic carbocycles. The van der Waals surface area contributed by atoms with E-state index in [9.17, 15) is 14.7 Å². The number of fused-ring (bicyclic) bond motifs is 5. The first kappa shape index (κ1) is 24.6. The smallest absolute Gasteiger partial charge is 0.310 e. The maximum atomic E-state index is 14.0. The van der Waals surface area contributed by atoms with E-state index in [0.29, 0.717) is 37.0 Å². The molecule has 5 fully saturated rings. The lowest BCUT2D eigenvalue weighted by Crippen LogP contribution is -2.62. The van der Waals surface area contributed by atoms with E-state index < -0.39 is 11.9 Å². The van der Waals surface area contributed by atoms with Crippen LogP contribution in [-0.4, -0.2) is 70.0 Å². The van der Waals surface area contributed by atoms with Gasteiger partial charge < -0.3 is 19.3 Å². The van der Waals surface area contributed by atoms with Crippen LogP contribution in [0, 0.1) is 23.7 Å². The highest BCUT2D eigenvalue weighted by Gasteiger charge is 2.47. The molecule has 8 nitrogen and oxygen atoms in total. The van der Waals surface area contributed by atoms with Crippen LogP contribution in [0.15, 0.2) is 29.1 Å². The first-order valence-electron chi connectivity index (χ1n) is 14.8. The summed E-state index contributed by atoms with van der Waals surface area (Å²) in [6.45, 7) is 4.53. The predicted octanol–water partition coefficient (Wildman–Crippen LogP) is 3.93. The van der Waals surface area contributed by atoms with E-state index in [4.69, 9.17) is 9.72 Å². The van der Waals surface area contributed by atoms with Crippen LogP contribution in [0.25, 0.3) is 11.0 Å². The number of rotatable bonds is 5. The second-order valence-corrected chi connectivity index (χ2v) is 12.8. The zero-order chi connectivity index (χ0) is 26.0. The van der Waals surface area contributed by atoms with Gasteiger partial charge in [-0.15, -0.1) is 0 Å². The van der Waals surface area contributed by atoms with Gasteiger partial charge in [-0.25, -0.2) is 4.98 Å². The minimum Gasteiger partial charge on any atom is -0.481 e. The van der Waals surface area contributed by atoms with Crippen LogP contribution in [0.2, 0.25) is 0 Å². The summed E-state index contributed by atoms with van der Waals surface area (Å²) in [4.78, 5) is 34.7. The Morgan fingerprint density at radius 3 is 2.29 bits per heavy atom. The molecule has 0 radical (unpaired) electrons. The molecule has 2 aromatic rings. The van der Waals surface area contributed by atoms with Gasteiger partial charge >= 0.3 is 5.97 Å². The van der Waals surface area contributed by atoms with E-state index in [1.54, 1.807) is 0 Å². The van der Waals surface area contributed by atoms with Crippen LogP contribution < -0.4 is 10.5 Å². The van der Waals surface area contributed by atoms with Gasteiger partial charge in [0.05, 0.1) is 30.2 Å². The van der Waals surface area contributed by atoms with Crippen molar-refractivity contribution in [3.05, 3.63) is 34.6 Å². The van der Waals surface area contributed by atoms with Crippen LogP contribution in [0.3, 0.4) is 0 Å². The summed E-state index contributed by atoms with van der Waals surface area (Å²) in [6, 6.07) is 9.31. The third-order valence-electron chi connectivity index (χ3n) is 10.4. The molecule has 7 rings (SSSR count). The average Bonchev–Trinajstić information content (AvgIpc) is 2.86. The molecule has 4 heterocycles. The number of hydrogen-bond donors (Lipinski definition) is 1. The van der Waals surface area contributed by atoms with Crippen LogP contribution in [0.5, 0.6) is 0 Å². The van der Waals surface area contributed by atoms with Gasteiger partial charge in [-0.2, -0.15) is 0 Å². The first-order chi connectivity index (χ1) is 18.5. The maximum Gasteiger partial charge on any atom is 0.310 e. The average molecular weight is 521 g/mol. The first-order valence-corrected chi connectivity index (χ1v) is 14.8. The van der Waals surface area contributed by atoms with Crippen LogP contribution in [0.4, 0.5) is 5.82 Å². The topological polar surface area (TPSA) is 87.9 Å². The minimum absolute atomic E-state index is 0.0808. The highest BCUT2D eigenvalue weighted by Crippen LogP contribution is 2.47. The largest absolute Gasteiger partial charge is 0.481 e. The summed E-state index contributed by atoms with van der Waals surface area (Å²) in [7, 11) is 0. The molecule has 5 aliphatic rings. The number of morpholine rings is 1. The number of carboxylic acids is 1. The van der Waals surface area contributed by atoms with E-state index >= 15 is 0 Å². The van der Waals surface area contributed by atoms with Gasteiger partial charge in [-0.3, -0.25) is 14.5 Å². The molecule has 4 bridgehead atoms. The Kier molecular flexibility index (Phi) is 6.23. The minimum atomic E-state index is -0.806. The number of aliphatic carboxylic acids is 1. The molecular formula is C30H40N4O4. The van der Waals surface area contributed by atoms with Crippen LogP contribution >= 0.6 is 0 Å². The molecule has 0 spiro atoms. The van der Waals surface area contributed by atoms with E-state index in [-0.39, 0.29) is 11.6 Å². The maximum absolute atomic E-state index is 14.0. The monoisotopic (exact) mass is 520 g/mol. The molecule has 1 aromatic heterocycles. The van der Waals surface area contributed by atoms with Crippen molar-refractivity contribution in [2.75, 3.05) is 31.2 Å². The standard InChI is InChI=1S/C30H40N4O4/c1-2-18-7-19-9-20(8-18)11-22(10-19)33-24-12-23(13-25(33)17-38-16-24)34-27-6-4-3-5-26(27)31-28(29(34)35)32-14-21(15-32)30(36)37/h3-6,18-25H,2,7-17H2,1H3,(H,36,37)/t18?,19-,20+,22?,23?,24-,25+. The Labute approximate surface area is 224 Å². The lowest BCUT2D eigenvalue weighted by molar-refractivity contribution is -0.142. The predicted molar refractivity (Wildman–Crippen MR) is 145 cm³/mol. The van der Waals surface area contributed by atoms with E-state index in [2.05, 4.69) is 11.8 Å². The second-order valence-electron chi connectivity index (χ2n) is 12.8. The molecule has 0 amide bonds. The number of anilines is 1. The molecule has 38 heavy (non-hydrogen) atoms. The van der Waals surface area contributed by atoms with Gasteiger partial charge in [0.1, 0.15) is 0 Å². The summed E-state index contributed by atoms with van der Waals surface area (Å²) in [6.07, 6.45) is 10.0. The molecule has 3 aliphatic heterocycles. The number of para-hydroxylation sites is 2. The van der Waals surface area contributed by atoms with Crippen molar-refractivity contribution in [1.82, 2.24) is 14.5 Å². The number of aromatic nitrogens is 2. The second kappa shape index (κ2) is 9.63. The number of nitrogens with zero attached hydrogens (tertiary/aromatic N) is 4.